The van der Waals surface area contributed by atoms with Gasteiger partial charge in [0.05, 0.1) is 4.90 Å². The van der Waals surface area contributed by atoms with E-state index in [0.29, 0.717) is 13.1 Å². The topological polar surface area (TPSA) is 114 Å². The molecule has 0 spiro atoms. The molecule has 0 radical (unpaired) electrons. The smallest absolute Gasteiger partial charge is 0.243 e. The molecule has 8 nitrogen and oxygen atoms in total. The van der Waals surface area contributed by atoms with Gasteiger partial charge in [-0.2, -0.15) is 10.1 Å². The van der Waals surface area contributed by atoms with E-state index in [4.69, 9.17) is 10.2 Å². The van der Waals surface area contributed by atoms with E-state index >= 15 is 0 Å². The third-order valence-electron chi connectivity index (χ3n) is 4.17. The summed E-state index contributed by atoms with van der Waals surface area (Å²) in [7, 11) is -3.84. The van der Waals surface area contributed by atoms with Crippen molar-refractivity contribution in [3.05, 3.63) is 35.7 Å². The largest absolute Gasteiger partial charge is 0.418 e. The maximum Gasteiger partial charge on any atom is 0.243 e. The van der Waals surface area contributed by atoms with Crippen molar-refractivity contribution in [1.82, 2.24) is 10.4 Å². The molecule has 0 amide bonds. The van der Waals surface area contributed by atoms with Gasteiger partial charge in [0.2, 0.25) is 26.6 Å². The number of anilines is 1. The van der Waals surface area contributed by atoms with Gasteiger partial charge in [-0.1, -0.05) is 17.7 Å². The van der Waals surface area contributed by atoms with E-state index in [1.807, 2.05) is 11.8 Å². The van der Waals surface area contributed by atoms with Crippen LogP contribution in [0.4, 0.5) is 5.88 Å². The minimum atomic E-state index is -3.84. The van der Waals surface area contributed by atoms with E-state index in [1.54, 1.807) is 24.3 Å². The second kappa shape index (κ2) is 8.05. The Bertz CT molecular complexity index is 945. The van der Waals surface area contributed by atoms with Crippen LogP contribution in [0.2, 0.25) is 0 Å². The predicted molar refractivity (Wildman–Crippen MR) is 107 cm³/mol. The summed E-state index contributed by atoms with van der Waals surface area (Å²) in [6.07, 6.45) is 4.30. The molecule has 10 heteroatoms. The average Bonchev–Trinajstić information content (AvgIpc) is 3.08. The molecule has 1 fully saturated rings. The molecule has 2 aromatic rings. The summed E-state index contributed by atoms with van der Waals surface area (Å²) in [6, 6.07) is 6.65. The number of rotatable bonds is 5. The lowest BCUT2D eigenvalue weighted by atomic mass is 10.1. The zero-order chi connectivity index (χ0) is 19.4. The average molecular weight is 408 g/mol. The summed E-state index contributed by atoms with van der Waals surface area (Å²) in [5, 5.41) is 3.68. The third-order valence-corrected chi connectivity index (χ3v) is 5.93. The van der Waals surface area contributed by atoms with Gasteiger partial charge in [0.1, 0.15) is 6.21 Å². The van der Waals surface area contributed by atoms with E-state index in [-0.39, 0.29) is 26.8 Å². The Morgan fingerprint density at radius 1 is 1.30 bits per heavy atom. The van der Waals surface area contributed by atoms with Gasteiger partial charge in [0.15, 0.2) is 5.11 Å². The van der Waals surface area contributed by atoms with Crippen LogP contribution in [0.3, 0.4) is 0 Å². The summed E-state index contributed by atoms with van der Waals surface area (Å²) >= 11 is 4.68. The third kappa shape index (κ3) is 4.45. The first-order valence-electron chi connectivity index (χ1n) is 8.54. The molecule has 0 atom stereocenters. The van der Waals surface area contributed by atoms with Crippen LogP contribution in [-0.2, 0) is 9.84 Å². The van der Waals surface area contributed by atoms with Gasteiger partial charge >= 0.3 is 0 Å². The molecule has 1 saturated heterocycles. The summed E-state index contributed by atoms with van der Waals surface area (Å²) in [5.74, 6) is 0.303. The fraction of sp³-hybridized carbons (Fsp3) is 0.353. The monoisotopic (exact) mass is 407 g/mol. The molecule has 144 valence electrons. The van der Waals surface area contributed by atoms with Crippen molar-refractivity contribution in [1.29, 1.82) is 0 Å². The van der Waals surface area contributed by atoms with Crippen molar-refractivity contribution in [2.24, 2.45) is 10.8 Å². The first-order valence-corrected chi connectivity index (χ1v) is 10.4. The number of nitrogens with one attached hydrogen (secondary N) is 1. The lowest BCUT2D eigenvalue weighted by Crippen LogP contribution is -2.30. The van der Waals surface area contributed by atoms with Crippen molar-refractivity contribution in [3.8, 4) is 0 Å². The minimum absolute atomic E-state index is 0.0124. The van der Waals surface area contributed by atoms with E-state index < -0.39 is 9.84 Å². The van der Waals surface area contributed by atoms with Crippen LogP contribution in [0, 0.1) is 6.92 Å². The SMILES string of the molecule is Cc1ccc(S(=O)(=O)c2nc(C=NNC(N)=S)oc2N2CCCCC2)cc1. The number of hydrogen-bond donors (Lipinski definition) is 2. The van der Waals surface area contributed by atoms with Gasteiger partial charge < -0.3 is 15.1 Å². The summed E-state index contributed by atoms with van der Waals surface area (Å²) in [5.41, 5.74) is 8.69. The molecular weight excluding hydrogens is 386 g/mol. The Kier molecular flexibility index (Phi) is 5.76. The van der Waals surface area contributed by atoms with E-state index in [0.717, 1.165) is 24.8 Å². The normalized spacial score (nSPS) is 15.2. The number of piperidine rings is 1. The second-order valence-electron chi connectivity index (χ2n) is 6.26. The molecule has 2 heterocycles. The highest BCUT2D eigenvalue weighted by Gasteiger charge is 2.31. The molecule has 1 aromatic heterocycles. The molecule has 3 N–H and O–H groups in total. The second-order valence-corrected chi connectivity index (χ2v) is 8.57. The number of hydrazone groups is 1. The highest BCUT2D eigenvalue weighted by atomic mass is 32.2. The molecule has 0 saturated carbocycles. The fourth-order valence-corrected chi connectivity index (χ4v) is 4.20. The summed E-state index contributed by atoms with van der Waals surface area (Å²) in [4.78, 5) is 6.27. The first kappa shape index (κ1) is 19.3. The predicted octanol–water partition coefficient (Wildman–Crippen LogP) is 1.97. The Balaban J connectivity index is 2.03. The highest BCUT2D eigenvalue weighted by molar-refractivity contribution is 7.91. The van der Waals surface area contributed by atoms with Gasteiger partial charge in [-0.3, -0.25) is 5.43 Å². The molecular formula is C17H21N5O3S2. The van der Waals surface area contributed by atoms with Crippen molar-refractivity contribution in [3.63, 3.8) is 0 Å². The van der Waals surface area contributed by atoms with E-state index in [9.17, 15) is 8.42 Å². The Morgan fingerprint density at radius 3 is 2.59 bits per heavy atom. The van der Waals surface area contributed by atoms with Gasteiger partial charge in [0.25, 0.3) is 0 Å². The molecule has 1 aromatic carbocycles. The van der Waals surface area contributed by atoms with Crippen LogP contribution in [0.5, 0.6) is 0 Å². The summed E-state index contributed by atoms with van der Waals surface area (Å²) in [6.45, 7) is 3.33. The van der Waals surface area contributed by atoms with Gasteiger partial charge in [-0.15, -0.1) is 0 Å². The van der Waals surface area contributed by atoms with E-state index in [2.05, 4.69) is 27.7 Å². The number of nitrogens with zero attached hydrogens (tertiary/aromatic N) is 3. The molecule has 0 unspecified atom stereocenters. The minimum Gasteiger partial charge on any atom is -0.418 e. The van der Waals surface area contributed by atoms with E-state index in [1.165, 1.54) is 6.21 Å². The Hall–Kier alpha value is -2.46. The number of benzene rings is 1. The van der Waals surface area contributed by atoms with Crippen molar-refractivity contribution < 1.29 is 12.8 Å². The number of oxazole rings is 1. The zero-order valence-corrected chi connectivity index (χ0v) is 16.5. The van der Waals surface area contributed by atoms with Crippen LogP contribution >= 0.6 is 12.2 Å². The number of aromatic nitrogens is 1. The highest BCUT2D eigenvalue weighted by Crippen LogP contribution is 2.32. The fourth-order valence-electron chi connectivity index (χ4n) is 2.82. The van der Waals surface area contributed by atoms with Gasteiger partial charge in [-0.25, -0.2) is 8.42 Å². The molecule has 27 heavy (non-hydrogen) atoms. The Labute approximate surface area is 163 Å². The molecule has 1 aliphatic heterocycles. The van der Waals surface area contributed by atoms with Crippen LogP contribution in [0.1, 0.15) is 30.7 Å². The van der Waals surface area contributed by atoms with Gasteiger partial charge in [-0.05, 0) is 50.5 Å². The van der Waals surface area contributed by atoms with Gasteiger partial charge in [0, 0.05) is 13.1 Å². The number of hydrogen-bond acceptors (Lipinski definition) is 7. The quantitative estimate of drug-likeness (QED) is 0.439. The zero-order valence-electron chi connectivity index (χ0n) is 14.9. The molecule has 0 aliphatic carbocycles. The maximum absolute atomic E-state index is 13.2. The van der Waals surface area contributed by atoms with Crippen LogP contribution in [0.25, 0.3) is 0 Å². The molecule has 1 aliphatic rings. The lowest BCUT2D eigenvalue weighted by molar-refractivity contribution is 0.489. The number of sulfone groups is 1. The van der Waals surface area contributed by atoms with Crippen LogP contribution in [-0.4, -0.2) is 37.8 Å². The molecule has 3 rings (SSSR count). The lowest BCUT2D eigenvalue weighted by Gasteiger charge is -2.26. The summed E-state index contributed by atoms with van der Waals surface area (Å²) < 4.78 is 32.0. The van der Waals surface area contributed by atoms with Crippen molar-refractivity contribution in [2.45, 2.75) is 36.1 Å². The number of thiocarbonyl (C=S) groups is 1. The van der Waals surface area contributed by atoms with Crippen LogP contribution in [0.15, 0.2) is 43.7 Å². The molecule has 0 bridgehead atoms. The van der Waals surface area contributed by atoms with Crippen LogP contribution < -0.4 is 16.1 Å². The number of aryl methyl sites for hydroxylation is 1. The van der Waals surface area contributed by atoms with Crippen molar-refractivity contribution >= 4 is 39.3 Å². The first-order chi connectivity index (χ1) is 12.9. The Morgan fingerprint density at radius 2 is 1.96 bits per heavy atom. The maximum atomic E-state index is 13.2. The standard InChI is InChI=1S/C17H21N5O3S2/c1-12-5-7-13(8-6-12)27(23,24)15-16(22-9-3-2-4-10-22)25-14(20-15)11-19-21-17(18)26/h5-8,11H,2-4,9-10H2,1H3,(H3,18,21,26). The van der Waals surface area contributed by atoms with Crippen molar-refractivity contribution in [2.75, 3.05) is 18.0 Å². The number of nitrogens with two attached hydrogens (primary N) is 1.